The van der Waals surface area contributed by atoms with Gasteiger partial charge in [-0.3, -0.25) is 4.79 Å². The zero-order chi connectivity index (χ0) is 15.1. The molecule has 1 aliphatic heterocycles. The first-order valence-corrected chi connectivity index (χ1v) is 7.54. The Morgan fingerprint density at radius 3 is 2.91 bits per heavy atom. The number of aryl methyl sites for hydroxylation is 1. The fraction of sp³-hybridized carbons (Fsp3) is 0.222. The van der Waals surface area contributed by atoms with Crippen LogP contribution in [-0.4, -0.2) is 27.3 Å². The summed E-state index contributed by atoms with van der Waals surface area (Å²) in [5, 5.41) is 1.22. The van der Waals surface area contributed by atoms with Crippen LogP contribution in [0.5, 0.6) is 0 Å². The van der Waals surface area contributed by atoms with Crippen LogP contribution in [-0.2, 0) is 13.0 Å². The molecule has 110 valence electrons. The molecule has 1 amide bonds. The number of hydrogen-bond donors (Lipinski definition) is 1. The maximum atomic E-state index is 12.7. The van der Waals surface area contributed by atoms with Crippen molar-refractivity contribution in [2.75, 3.05) is 6.54 Å². The van der Waals surface area contributed by atoms with Gasteiger partial charge in [0.2, 0.25) is 0 Å². The normalized spacial score (nSPS) is 14.1. The number of benzene rings is 1. The number of aromatic nitrogens is 2. The molecule has 1 aliphatic rings. The lowest BCUT2D eigenvalue weighted by molar-refractivity contribution is 0.0729. The number of rotatable bonds is 1. The first-order valence-electron chi connectivity index (χ1n) is 7.54. The van der Waals surface area contributed by atoms with E-state index in [-0.39, 0.29) is 5.91 Å². The van der Waals surface area contributed by atoms with Gasteiger partial charge in [0.25, 0.3) is 5.91 Å². The predicted octanol–water partition coefficient (Wildman–Crippen LogP) is 3.07. The quantitative estimate of drug-likeness (QED) is 0.749. The molecule has 0 saturated heterocycles. The summed E-state index contributed by atoms with van der Waals surface area (Å²) in [6, 6.07) is 13.9. The molecule has 3 aromatic rings. The monoisotopic (exact) mass is 291 g/mol. The molecule has 0 radical (unpaired) electrons. The summed E-state index contributed by atoms with van der Waals surface area (Å²) in [5.41, 5.74) is 5.04. The molecule has 3 heterocycles. The second-order valence-electron chi connectivity index (χ2n) is 5.77. The molecule has 1 N–H and O–H groups in total. The average Bonchev–Trinajstić information content (AvgIpc) is 2.92. The van der Waals surface area contributed by atoms with Gasteiger partial charge in [0.15, 0.2) is 0 Å². The standard InChI is InChI=1S/C18H17N3O/c1-12-5-4-8-17(19-12)18(22)21-10-9-16-14(11-21)13-6-2-3-7-15(13)20-16/h2-8,20H,9-11H2,1H3. The molecule has 0 atom stereocenters. The first kappa shape index (κ1) is 13.1. The molecule has 2 aromatic heterocycles. The zero-order valence-corrected chi connectivity index (χ0v) is 12.5. The summed E-state index contributed by atoms with van der Waals surface area (Å²) in [4.78, 5) is 22.4. The number of pyridine rings is 1. The van der Waals surface area contributed by atoms with Crippen molar-refractivity contribution in [3.05, 3.63) is 65.1 Å². The van der Waals surface area contributed by atoms with Crippen molar-refractivity contribution in [2.24, 2.45) is 0 Å². The number of nitrogens with zero attached hydrogens (tertiary/aromatic N) is 2. The van der Waals surface area contributed by atoms with Crippen LogP contribution in [0, 0.1) is 6.92 Å². The van der Waals surface area contributed by atoms with Crippen LogP contribution < -0.4 is 0 Å². The van der Waals surface area contributed by atoms with E-state index in [1.807, 2.05) is 36.1 Å². The highest BCUT2D eigenvalue weighted by Gasteiger charge is 2.25. The van der Waals surface area contributed by atoms with Gasteiger partial charge < -0.3 is 9.88 Å². The van der Waals surface area contributed by atoms with Crippen molar-refractivity contribution in [1.82, 2.24) is 14.9 Å². The molecule has 0 saturated carbocycles. The highest BCUT2D eigenvalue weighted by atomic mass is 16.2. The Kier molecular flexibility index (Phi) is 2.96. The molecule has 4 heteroatoms. The highest BCUT2D eigenvalue weighted by Crippen LogP contribution is 2.28. The third-order valence-corrected chi connectivity index (χ3v) is 4.28. The van der Waals surface area contributed by atoms with Gasteiger partial charge in [0.1, 0.15) is 5.69 Å². The third kappa shape index (κ3) is 2.08. The van der Waals surface area contributed by atoms with Gasteiger partial charge in [-0.25, -0.2) is 4.98 Å². The topological polar surface area (TPSA) is 49.0 Å². The first-order chi connectivity index (χ1) is 10.7. The molecule has 0 fully saturated rings. The lowest BCUT2D eigenvalue weighted by atomic mass is 10.0. The van der Waals surface area contributed by atoms with Gasteiger partial charge in [-0.1, -0.05) is 24.3 Å². The Balaban J connectivity index is 1.68. The van der Waals surface area contributed by atoms with Crippen molar-refractivity contribution >= 4 is 16.8 Å². The number of para-hydroxylation sites is 1. The number of aromatic amines is 1. The van der Waals surface area contributed by atoms with Crippen LogP contribution in [0.25, 0.3) is 10.9 Å². The SMILES string of the molecule is Cc1cccc(C(=O)N2CCc3[nH]c4ccccc4c3C2)n1. The number of nitrogens with one attached hydrogen (secondary N) is 1. The Morgan fingerprint density at radius 2 is 2.05 bits per heavy atom. The summed E-state index contributed by atoms with van der Waals surface area (Å²) in [5.74, 6) is 0.0135. The van der Waals surface area contributed by atoms with Crippen molar-refractivity contribution < 1.29 is 4.79 Å². The average molecular weight is 291 g/mol. The molecule has 0 bridgehead atoms. The largest absolute Gasteiger partial charge is 0.358 e. The van der Waals surface area contributed by atoms with Crippen LogP contribution in [0.3, 0.4) is 0 Å². The van der Waals surface area contributed by atoms with Crippen LogP contribution >= 0.6 is 0 Å². The summed E-state index contributed by atoms with van der Waals surface area (Å²) in [6.45, 7) is 3.28. The number of carbonyl (C=O) groups is 1. The molecule has 1 aromatic carbocycles. The van der Waals surface area contributed by atoms with Gasteiger partial charge >= 0.3 is 0 Å². The van der Waals surface area contributed by atoms with Gasteiger partial charge in [0.05, 0.1) is 0 Å². The Bertz CT molecular complexity index is 866. The molecule has 22 heavy (non-hydrogen) atoms. The maximum absolute atomic E-state index is 12.7. The Labute approximate surface area is 128 Å². The minimum Gasteiger partial charge on any atom is -0.358 e. The van der Waals surface area contributed by atoms with Crippen LogP contribution in [0.15, 0.2) is 42.5 Å². The van der Waals surface area contributed by atoms with Crippen LogP contribution in [0.4, 0.5) is 0 Å². The van der Waals surface area contributed by atoms with Crippen molar-refractivity contribution in [3.63, 3.8) is 0 Å². The van der Waals surface area contributed by atoms with E-state index in [2.05, 4.69) is 22.1 Å². The third-order valence-electron chi connectivity index (χ3n) is 4.28. The number of H-pyrrole nitrogens is 1. The molecule has 4 nitrogen and oxygen atoms in total. The van der Waals surface area contributed by atoms with Crippen molar-refractivity contribution in [1.29, 1.82) is 0 Å². The summed E-state index contributed by atoms with van der Waals surface area (Å²) in [6.07, 6.45) is 0.863. The zero-order valence-electron chi connectivity index (χ0n) is 12.5. The Morgan fingerprint density at radius 1 is 1.18 bits per heavy atom. The number of carbonyl (C=O) groups excluding carboxylic acids is 1. The van der Waals surface area contributed by atoms with E-state index in [9.17, 15) is 4.79 Å². The number of hydrogen-bond acceptors (Lipinski definition) is 2. The predicted molar refractivity (Wildman–Crippen MR) is 85.7 cm³/mol. The van der Waals surface area contributed by atoms with Gasteiger partial charge in [-0.05, 0) is 25.1 Å². The lowest BCUT2D eigenvalue weighted by Gasteiger charge is -2.27. The summed E-state index contributed by atoms with van der Waals surface area (Å²) < 4.78 is 0. The molecule has 0 aliphatic carbocycles. The summed E-state index contributed by atoms with van der Waals surface area (Å²) in [7, 11) is 0. The molecule has 0 spiro atoms. The van der Waals surface area contributed by atoms with Gasteiger partial charge in [0, 0.05) is 47.4 Å². The van der Waals surface area contributed by atoms with E-state index in [0.29, 0.717) is 12.2 Å². The minimum atomic E-state index is 0.0135. The summed E-state index contributed by atoms with van der Waals surface area (Å²) >= 11 is 0. The lowest BCUT2D eigenvalue weighted by Crippen LogP contribution is -2.36. The van der Waals surface area contributed by atoms with Crippen LogP contribution in [0.1, 0.15) is 27.4 Å². The van der Waals surface area contributed by atoms with E-state index in [0.717, 1.165) is 24.2 Å². The van der Waals surface area contributed by atoms with Gasteiger partial charge in [-0.2, -0.15) is 0 Å². The minimum absolute atomic E-state index is 0.0135. The van der Waals surface area contributed by atoms with E-state index < -0.39 is 0 Å². The fourth-order valence-corrected chi connectivity index (χ4v) is 3.16. The molecular formula is C18H17N3O. The highest BCUT2D eigenvalue weighted by molar-refractivity contribution is 5.93. The number of fused-ring (bicyclic) bond motifs is 3. The Hall–Kier alpha value is -2.62. The van der Waals surface area contributed by atoms with Crippen molar-refractivity contribution in [2.45, 2.75) is 19.9 Å². The van der Waals surface area contributed by atoms with Crippen LogP contribution in [0.2, 0.25) is 0 Å². The van der Waals surface area contributed by atoms with E-state index in [1.165, 1.54) is 16.6 Å². The van der Waals surface area contributed by atoms with Gasteiger partial charge in [-0.15, -0.1) is 0 Å². The van der Waals surface area contributed by atoms with E-state index in [4.69, 9.17) is 0 Å². The number of amides is 1. The fourth-order valence-electron chi connectivity index (χ4n) is 3.16. The second kappa shape index (κ2) is 4.98. The van der Waals surface area contributed by atoms with E-state index in [1.54, 1.807) is 6.07 Å². The molecular weight excluding hydrogens is 274 g/mol. The van der Waals surface area contributed by atoms with Crippen molar-refractivity contribution in [3.8, 4) is 0 Å². The molecule has 0 unspecified atom stereocenters. The second-order valence-corrected chi connectivity index (χ2v) is 5.77. The molecule has 4 rings (SSSR count). The van der Waals surface area contributed by atoms with E-state index >= 15 is 0 Å². The smallest absolute Gasteiger partial charge is 0.272 e. The maximum Gasteiger partial charge on any atom is 0.272 e.